The van der Waals surface area contributed by atoms with Crippen LogP contribution in [0.4, 0.5) is 5.82 Å². The van der Waals surface area contributed by atoms with Gasteiger partial charge >= 0.3 is 0 Å². The Morgan fingerprint density at radius 2 is 2.10 bits per heavy atom. The molecule has 0 aliphatic heterocycles. The number of imidazole rings is 1. The molecule has 20 heavy (non-hydrogen) atoms. The lowest BCUT2D eigenvalue weighted by molar-refractivity contribution is 0.744. The van der Waals surface area contributed by atoms with Gasteiger partial charge in [0.1, 0.15) is 22.6 Å². The highest BCUT2D eigenvalue weighted by Crippen LogP contribution is 2.24. The first-order chi connectivity index (χ1) is 9.52. The molecule has 0 aliphatic carbocycles. The number of anilines is 1. The Hall–Kier alpha value is -1.62. The summed E-state index contributed by atoms with van der Waals surface area (Å²) in [5.74, 6) is 2.65. The normalized spacial score (nSPS) is 10.8. The first kappa shape index (κ1) is 14.8. The standard InChI is InChI=1S/C14H20ClN5/c1-5-6-11-17-13(15)10(2)14(18-11)20(4)9-12-16-7-8-19(12)3/h7-8H,5-6,9H2,1-4H3. The Morgan fingerprint density at radius 1 is 1.35 bits per heavy atom. The van der Waals surface area contributed by atoms with Crippen LogP contribution in [0.3, 0.4) is 0 Å². The molecule has 0 saturated carbocycles. The van der Waals surface area contributed by atoms with Crippen molar-refractivity contribution in [2.45, 2.75) is 33.2 Å². The summed E-state index contributed by atoms with van der Waals surface area (Å²) in [5.41, 5.74) is 0.906. The van der Waals surface area contributed by atoms with Gasteiger partial charge in [0.05, 0.1) is 6.54 Å². The Labute approximate surface area is 124 Å². The minimum atomic E-state index is 0.533. The van der Waals surface area contributed by atoms with Gasteiger partial charge in [0.2, 0.25) is 0 Å². The first-order valence-electron chi connectivity index (χ1n) is 6.73. The lowest BCUT2D eigenvalue weighted by atomic mass is 10.2. The van der Waals surface area contributed by atoms with Crippen LogP contribution in [-0.4, -0.2) is 26.6 Å². The zero-order valence-electron chi connectivity index (χ0n) is 12.4. The van der Waals surface area contributed by atoms with Crippen LogP contribution in [0.2, 0.25) is 5.15 Å². The van der Waals surface area contributed by atoms with Crippen molar-refractivity contribution in [3.05, 3.63) is 34.8 Å². The third-order valence-electron chi connectivity index (χ3n) is 3.24. The van der Waals surface area contributed by atoms with Crippen LogP contribution >= 0.6 is 11.6 Å². The molecule has 0 bridgehead atoms. The third kappa shape index (κ3) is 3.10. The van der Waals surface area contributed by atoms with Gasteiger partial charge in [-0.15, -0.1) is 0 Å². The fourth-order valence-corrected chi connectivity index (χ4v) is 2.25. The maximum atomic E-state index is 6.21. The van der Waals surface area contributed by atoms with E-state index in [2.05, 4.69) is 26.8 Å². The number of nitrogens with zero attached hydrogens (tertiary/aromatic N) is 5. The molecule has 0 radical (unpaired) electrons. The van der Waals surface area contributed by atoms with Crippen LogP contribution in [0.5, 0.6) is 0 Å². The van der Waals surface area contributed by atoms with Gasteiger partial charge in [-0.25, -0.2) is 15.0 Å². The molecular formula is C14H20ClN5. The summed E-state index contributed by atoms with van der Waals surface area (Å²) in [6.07, 6.45) is 5.57. The second kappa shape index (κ2) is 6.22. The van der Waals surface area contributed by atoms with Crippen LogP contribution in [0.25, 0.3) is 0 Å². The summed E-state index contributed by atoms with van der Waals surface area (Å²) in [6, 6.07) is 0. The zero-order chi connectivity index (χ0) is 14.7. The molecule has 0 N–H and O–H groups in total. The summed E-state index contributed by atoms with van der Waals surface area (Å²) >= 11 is 6.21. The molecule has 2 aromatic rings. The third-order valence-corrected chi connectivity index (χ3v) is 3.61. The summed E-state index contributed by atoms with van der Waals surface area (Å²) in [6.45, 7) is 4.74. The molecular weight excluding hydrogens is 274 g/mol. The van der Waals surface area contributed by atoms with Crippen LogP contribution in [0.15, 0.2) is 12.4 Å². The number of aromatic nitrogens is 4. The van der Waals surface area contributed by atoms with Crippen molar-refractivity contribution in [3.63, 3.8) is 0 Å². The van der Waals surface area contributed by atoms with E-state index < -0.39 is 0 Å². The molecule has 5 nitrogen and oxygen atoms in total. The minimum absolute atomic E-state index is 0.533. The highest BCUT2D eigenvalue weighted by molar-refractivity contribution is 6.30. The number of rotatable bonds is 5. The van der Waals surface area contributed by atoms with Gasteiger partial charge < -0.3 is 9.47 Å². The molecule has 2 heterocycles. The van der Waals surface area contributed by atoms with E-state index >= 15 is 0 Å². The van der Waals surface area contributed by atoms with Gasteiger partial charge in [0, 0.05) is 38.5 Å². The van der Waals surface area contributed by atoms with E-state index in [-0.39, 0.29) is 0 Å². The van der Waals surface area contributed by atoms with Gasteiger partial charge in [-0.2, -0.15) is 0 Å². The topological polar surface area (TPSA) is 46.8 Å². The summed E-state index contributed by atoms with van der Waals surface area (Å²) in [4.78, 5) is 15.4. The van der Waals surface area contributed by atoms with E-state index in [9.17, 15) is 0 Å². The smallest absolute Gasteiger partial charge is 0.137 e. The second-order valence-electron chi connectivity index (χ2n) is 4.94. The molecule has 0 aliphatic rings. The number of aryl methyl sites for hydroxylation is 2. The van der Waals surface area contributed by atoms with Crippen molar-refractivity contribution < 1.29 is 0 Å². The van der Waals surface area contributed by atoms with Crippen LogP contribution in [-0.2, 0) is 20.0 Å². The molecule has 0 saturated heterocycles. The Kier molecular flexibility index (Phi) is 4.60. The van der Waals surface area contributed by atoms with E-state index in [4.69, 9.17) is 11.6 Å². The van der Waals surface area contributed by atoms with Crippen molar-refractivity contribution in [3.8, 4) is 0 Å². The minimum Gasteiger partial charge on any atom is -0.352 e. The average Bonchev–Trinajstić information content (AvgIpc) is 2.79. The molecule has 108 valence electrons. The fourth-order valence-electron chi connectivity index (χ4n) is 2.06. The average molecular weight is 294 g/mol. The maximum absolute atomic E-state index is 6.21. The monoisotopic (exact) mass is 293 g/mol. The number of hydrogen-bond donors (Lipinski definition) is 0. The Bertz CT molecular complexity index is 593. The van der Waals surface area contributed by atoms with E-state index in [1.54, 1.807) is 6.20 Å². The van der Waals surface area contributed by atoms with Gasteiger partial charge in [-0.05, 0) is 13.3 Å². The molecule has 0 amide bonds. The number of hydrogen-bond acceptors (Lipinski definition) is 4. The van der Waals surface area contributed by atoms with E-state index in [1.165, 1.54) is 0 Å². The predicted molar refractivity (Wildman–Crippen MR) is 81.1 cm³/mol. The quantitative estimate of drug-likeness (QED) is 0.795. The summed E-state index contributed by atoms with van der Waals surface area (Å²) in [5, 5.41) is 0.533. The van der Waals surface area contributed by atoms with Gasteiger partial charge in [-0.3, -0.25) is 0 Å². The molecule has 0 atom stereocenters. The summed E-state index contributed by atoms with van der Waals surface area (Å²) < 4.78 is 2.00. The number of halogens is 1. The highest BCUT2D eigenvalue weighted by Gasteiger charge is 2.14. The molecule has 6 heteroatoms. The lowest BCUT2D eigenvalue weighted by Gasteiger charge is -2.21. The second-order valence-corrected chi connectivity index (χ2v) is 5.30. The van der Waals surface area contributed by atoms with Crippen molar-refractivity contribution >= 4 is 17.4 Å². The maximum Gasteiger partial charge on any atom is 0.137 e. The Morgan fingerprint density at radius 3 is 2.70 bits per heavy atom. The molecule has 2 aromatic heterocycles. The lowest BCUT2D eigenvalue weighted by Crippen LogP contribution is -2.22. The largest absolute Gasteiger partial charge is 0.352 e. The predicted octanol–water partition coefficient (Wildman–Crippen LogP) is 2.76. The fraction of sp³-hybridized carbons (Fsp3) is 0.500. The molecule has 0 aromatic carbocycles. The highest BCUT2D eigenvalue weighted by atomic mass is 35.5. The van der Waals surface area contributed by atoms with Crippen molar-refractivity contribution in [2.75, 3.05) is 11.9 Å². The van der Waals surface area contributed by atoms with Crippen molar-refractivity contribution in [2.24, 2.45) is 7.05 Å². The van der Waals surface area contributed by atoms with E-state index in [1.807, 2.05) is 31.8 Å². The van der Waals surface area contributed by atoms with Crippen LogP contribution in [0, 0.1) is 6.92 Å². The van der Waals surface area contributed by atoms with Gasteiger partial charge in [-0.1, -0.05) is 18.5 Å². The van der Waals surface area contributed by atoms with Gasteiger partial charge in [0.25, 0.3) is 0 Å². The SMILES string of the molecule is CCCc1nc(Cl)c(C)c(N(C)Cc2nccn2C)n1. The van der Waals surface area contributed by atoms with E-state index in [0.29, 0.717) is 11.7 Å². The molecule has 0 spiro atoms. The molecule has 0 fully saturated rings. The zero-order valence-corrected chi connectivity index (χ0v) is 13.1. The van der Waals surface area contributed by atoms with Crippen molar-refractivity contribution in [1.82, 2.24) is 19.5 Å². The molecule has 2 rings (SSSR count). The van der Waals surface area contributed by atoms with Crippen molar-refractivity contribution in [1.29, 1.82) is 0 Å². The van der Waals surface area contributed by atoms with Gasteiger partial charge in [0.15, 0.2) is 0 Å². The van der Waals surface area contributed by atoms with E-state index in [0.717, 1.165) is 35.9 Å². The first-order valence-corrected chi connectivity index (χ1v) is 7.11. The van der Waals surface area contributed by atoms with Crippen LogP contribution in [0.1, 0.15) is 30.6 Å². The Balaban J connectivity index is 2.28. The molecule has 0 unspecified atom stereocenters. The summed E-state index contributed by atoms with van der Waals surface area (Å²) in [7, 11) is 3.98. The van der Waals surface area contributed by atoms with Crippen LogP contribution < -0.4 is 4.90 Å².